The number of carbonyl (C=O) groups excluding carboxylic acids is 1. The van der Waals surface area contributed by atoms with Gasteiger partial charge < -0.3 is 14.9 Å². The van der Waals surface area contributed by atoms with Gasteiger partial charge in [0.25, 0.3) is 5.91 Å². The fourth-order valence-electron chi connectivity index (χ4n) is 2.01. The van der Waals surface area contributed by atoms with Crippen LogP contribution in [0.4, 0.5) is 0 Å². The van der Waals surface area contributed by atoms with E-state index >= 15 is 0 Å². The number of amides is 1. The van der Waals surface area contributed by atoms with Crippen LogP contribution in [-0.2, 0) is 0 Å². The molecule has 0 bridgehead atoms. The first-order valence-corrected chi connectivity index (χ1v) is 6.87. The fraction of sp³-hybridized carbons (Fsp3) is 0.714. The van der Waals surface area contributed by atoms with Gasteiger partial charge in [0.1, 0.15) is 5.76 Å². The van der Waals surface area contributed by atoms with Crippen LogP contribution in [0.2, 0.25) is 0 Å². The van der Waals surface area contributed by atoms with E-state index in [0.717, 1.165) is 31.4 Å². The van der Waals surface area contributed by atoms with E-state index in [1.807, 2.05) is 0 Å². The summed E-state index contributed by atoms with van der Waals surface area (Å²) in [6, 6.07) is 1.74. The predicted octanol–water partition coefficient (Wildman–Crippen LogP) is 2.08. The quantitative estimate of drug-likeness (QED) is 0.792. The minimum Gasteiger partial charge on any atom is -0.396 e. The average Bonchev–Trinajstić information content (AvgIpc) is 3.12. The molecule has 1 aromatic rings. The second kappa shape index (κ2) is 5.74. The molecular formula is C14H22N2O3. The second-order valence-corrected chi connectivity index (χ2v) is 6.06. The highest BCUT2D eigenvalue weighted by Crippen LogP contribution is 2.40. The maximum Gasteiger partial charge on any atom is 0.273 e. The van der Waals surface area contributed by atoms with E-state index in [0.29, 0.717) is 18.2 Å². The van der Waals surface area contributed by atoms with Crippen LogP contribution in [0.15, 0.2) is 10.6 Å². The van der Waals surface area contributed by atoms with Crippen LogP contribution >= 0.6 is 0 Å². The van der Waals surface area contributed by atoms with E-state index in [-0.39, 0.29) is 17.9 Å². The number of carbonyl (C=O) groups is 1. The molecule has 5 nitrogen and oxygen atoms in total. The zero-order valence-electron chi connectivity index (χ0n) is 11.6. The van der Waals surface area contributed by atoms with Gasteiger partial charge in [-0.2, -0.15) is 0 Å². The van der Waals surface area contributed by atoms with Crippen molar-refractivity contribution < 1.29 is 14.4 Å². The fourth-order valence-corrected chi connectivity index (χ4v) is 2.01. The van der Waals surface area contributed by atoms with Crippen molar-refractivity contribution in [2.45, 2.75) is 45.4 Å². The molecule has 0 aliphatic heterocycles. The molecule has 19 heavy (non-hydrogen) atoms. The van der Waals surface area contributed by atoms with E-state index in [4.69, 9.17) is 9.63 Å². The summed E-state index contributed by atoms with van der Waals surface area (Å²) in [6.07, 6.45) is 3.88. The highest BCUT2D eigenvalue weighted by molar-refractivity contribution is 5.92. The Labute approximate surface area is 113 Å². The Hall–Kier alpha value is -1.36. The molecule has 1 aliphatic rings. The van der Waals surface area contributed by atoms with Crippen LogP contribution in [0.3, 0.4) is 0 Å². The lowest BCUT2D eigenvalue weighted by Gasteiger charge is -2.24. The molecule has 2 N–H and O–H groups in total. The molecule has 0 atom stereocenters. The summed E-state index contributed by atoms with van der Waals surface area (Å²) in [6.45, 7) is 4.89. The first-order valence-electron chi connectivity index (χ1n) is 6.87. The van der Waals surface area contributed by atoms with Gasteiger partial charge in [-0.15, -0.1) is 0 Å². The van der Waals surface area contributed by atoms with Gasteiger partial charge in [-0.05, 0) is 31.1 Å². The molecule has 5 heteroatoms. The Balaban J connectivity index is 1.82. The van der Waals surface area contributed by atoms with E-state index in [2.05, 4.69) is 24.3 Å². The highest BCUT2D eigenvalue weighted by atomic mass is 16.5. The van der Waals surface area contributed by atoms with Gasteiger partial charge in [-0.3, -0.25) is 4.79 Å². The predicted molar refractivity (Wildman–Crippen MR) is 70.9 cm³/mol. The molecule has 1 heterocycles. The molecule has 1 amide bonds. The third-order valence-corrected chi connectivity index (χ3v) is 3.48. The summed E-state index contributed by atoms with van der Waals surface area (Å²) >= 11 is 0. The van der Waals surface area contributed by atoms with Gasteiger partial charge >= 0.3 is 0 Å². The van der Waals surface area contributed by atoms with Crippen molar-refractivity contribution in [3.05, 3.63) is 17.5 Å². The van der Waals surface area contributed by atoms with Crippen molar-refractivity contribution in [1.29, 1.82) is 0 Å². The summed E-state index contributed by atoms with van der Waals surface area (Å²) in [7, 11) is 0. The van der Waals surface area contributed by atoms with Crippen LogP contribution in [-0.4, -0.2) is 29.3 Å². The van der Waals surface area contributed by atoms with Crippen molar-refractivity contribution in [3.8, 4) is 0 Å². The van der Waals surface area contributed by atoms with Crippen molar-refractivity contribution in [3.63, 3.8) is 0 Å². The number of nitrogens with zero attached hydrogens (tertiary/aromatic N) is 1. The largest absolute Gasteiger partial charge is 0.396 e. The van der Waals surface area contributed by atoms with Crippen LogP contribution in [0.1, 0.15) is 61.7 Å². The molecule has 0 aromatic carbocycles. The lowest BCUT2D eigenvalue weighted by molar-refractivity contribution is 0.0923. The number of nitrogens with one attached hydrogen (secondary N) is 1. The van der Waals surface area contributed by atoms with E-state index in [9.17, 15) is 4.79 Å². The summed E-state index contributed by atoms with van der Waals surface area (Å²) in [5.41, 5.74) is 0.335. The lowest BCUT2D eigenvalue weighted by Crippen LogP contribution is -2.34. The second-order valence-electron chi connectivity index (χ2n) is 6.06. The van der Waals surface area contributed by atoms with Gasteiger partial charge in [0.2, 0.25) is 0 Å². The lowest BCUT2D eigenvalue weighted by atomic mass is 9.88. The zero-order chi connectivity index (χ0) is 13.9. The van der Waals surface area contributed by atoms with Crippen molar-refractivity contribution in [2.24, 2.45) is 5.41 Å². The maximum atomic E-state index is 11.9. The van der Waals surface area contributed by atoms with Crippen molar-refractivity contribution in [2.75, 3.05) is 13.2 Å². The van der Waals surface area contributed by atoms with E-state index in [1.54, 1.807) is 6.07 Å². The van der Waals surface area contributed by atoms with Gasteiger partial charge in [0, 0.05) is 25.1 Å². The molecule has 1 aliphatic carbocycles. The van der Waals surface area contributed by atoms with E-state index < -0.39 is 0 Å². The highest BCUT2D eigenvalue weighted by Gasteiger charge is 2.29. The van der Waals surface area contributed by atoms with Crippen LogP contribution in [0, 0.1) is 5.41 Å². The molecule has 1 fully saturated rings. The number of hydrogen-bond acceptors (Lipinski definition) is 4. The van der Waals surface area contributed by atoms with E-state index in [1.165, 1.54) is 0 Å². The summed E-state index contributed by atoms with van der Waals surface area (Å²) in [5.74, 6) is 1.10. The van der Waals surface area contributed by atoms with Crippen LogP contribution in [0.5, 0.6) is 0 Å². The normalized spacial score (nSPS) is 15.5. The molecule has 1 saturated carbocycles. The van der Waals surface area contributed by atoms with Crippen molar-refractivity contribution >= 4 is 5.91 Å². The molecule has 1 aromatic heterocycles. The Bertz CT molecular complexity index is 436. The topological polar surface area (TPSA) is 75.4 Å². The standard InChI is InChI=1S/C14H22N2O3/c1-14(2,6-3-7-17)9-15-13(18)11-8-12(19-16-11)10-4-5-10/h8,10,17H,3-7,9H2,1-2H3,(H,15,18). The Morgan fingerprint density at radius 1 is 1.58 bits per heavy atom. The Morgan fingerprint density at radius 2 is 2.32 bits per heavy atom. The SMILES string of the molecule is CC(C)(CCCO)CNC(=O)c1cc(C2CC2)on1. The van der Waals surface area contributed by atoms with Gasteiger partial charge in [-0.1, -0.05) is 19.0 Å². The molecule has 0 radical (unpaired) electrons. The number of rotatable bonds is 7. The van der Waals surface area contributed by atoms with Gasteiger partial charge in [-0.25, -0.2) is 0 Å². The smallest absolute Gasteiger partial charge is 0.273 e. The molecule has 0 saturated heterocycles. The molecular weight excluding hydrogens is 244 g/mol. The number of aromatic nitrogens is 1. The third kappa shape index (κ3) is 4.06. The summed E-state index contributed by atoms with van der Waals surface area (Å²) in [5, 5.41) is 15.5. The zero-order valence-corrected chi connectivity index (χ0v) is 11.6. The number of hydrogen-bond donors (Lipinski definition) is 2. The monoisotopic (exact) mass is 266 g/mol. The average molecular weight is 266 g/mol. The summed E-state index contributed by atoms with van der Waals surface area (Å²) in [4.78, 5) is 11.9. The first-order chi connectivity index (χ1) is 9.02. The van der Waals surface area contributed by atoms with Crippen molar-refractivity contribution in [1.82, 2.24) is 10.5 Å². The molecule has 2 rings (SSSR count). The van der Waals surface area contributed by atoms with Crippen LogP contribution in [0.25, 0.3) is 0 Å². The summed E-state index contributed by atoms with van der Waals surface area (Å²) < 4.78 is 5.16. The maximum absolute atomic E-state index is 11.9. The Kier molecular flexibility index (Phi) is 4.24. The first kappa shape index (κ1) is 14.1. The third-order valence-electron chi connectivity index (χ3n) is 3.48. The minimum atomic E-state index is -0.187. The molecule has 0 unspecified atom stereocenters. The minimum absolute atomic E-state index is 0.0263. The Morgan fingerprint density at radius 3 is 2.95 bits per heavy atom. The van der Waals surface area contributed by atoms with Gasteiger partial charge in [0.05, 0.1) is 0 Å². The molecule has 106 valence electrons. The number of aliphatic hydroxyl groups is 1. The van der Waals surface area contributed by atoms with Crippen LogP contribution < -0.4 is 5.32 Å². The van der Waals surface area contributed by atoms with Gasteiger partial charge in [0.15, 0.2) is 5.69 Å². The molecule has 0 spiro atoms. The number of aliphatic hydroxyl groups excluding tert-OH is 1.